The summed E-state index contributed by atoms with van der Waals surface area (Å²) in [5, 5.41) is 9.63. The first kappa shape index (κ1) is 19.2. The minimum Gasteiger partial charge on any atom is -0.496 e. The summed E-state index contributed by atoms with van der Waals surface area (Å²) in [7, 11) is 1.60. The van der Waals surface area contributed by atoms with Crippen molar-refractivity contribution in [3.05, 3.63) is 51.9 Å². The number of fused-ring (bicyclic) bond motifs is 4. The Morgan fingerprint density at radius 3 is 2.68 bits per heavy atom. The molecule has 4 rings (SSSR count). The molecule has 0 saturated carbocycles. The second-order valence-corrected chi connectivity index (χ2v) is 8.71. The molecule has 0 unspecified atom stereocenters. The standard InChI is InChI=1S/C23H30N2O3/c1-15(2)10-24-11-16-6-19(13-24)21-8-18(9-23(27)25(21)12-16)17-4-5-22(28-3)20(7-17)14-26/h4-5,7-9,15-16,19,26H,6,10-14H2,1-3H3/t16-,19+/m0/s1. The normalized spacial score (nSPS) is 21.6. The van der Waals surface area contributed by atoms with Gasteiger partial charge in [0.05, 0.1) is 13.7 Å². The number of piperidine rings is 1. The number of pyridine rings is 1. The van der Waals surface area contributed by atoms with Crippen LogP contribution in [0, 0.1) is 11.8 Å². The molecule has 5 nitrogen and oxygen atoms in total. The van der Waals surface area contributed by atoms with E-state index in [0.717, 1.165) is 48.6 Å². The van der Waals surface area contributed by atoms with Crippen LogP contribution in [0.5, 0.6) is 5.75 Å². The number of rotatable bonds is 5. The van der Waals surface area contributed by atoms with Gasteiger partial charge in [0.15, 0.2) is 0 Å². The van der Waals surface area contributed by atoms with E-state index in [9.17, 15) is 9.90 Å². The lowest BCUT2D eigenvalue weighted by Crippen LogP contribution is -2.48. The molecule has 1 fully saturated rings. The topological polar surface area (TPSA) is 54.7 Å². The Kier molecular flexibility index (Phi) is 5.30. The zero-order valence-corrected chi connectivity index (χ0v) is 17.0. The van der Waals surface area contributed by atoms with Crippen LogP contribution in [0.2, 0.25) is 0 Å². The maximum atomic E-state index is 12.9. The van der Waals surface area contributed by atoms with Crippen LogP contribution in [-0.4, -0.2) is 41.3 Å². The first-order valence-corrected chi connectivity index (χ1v) is 10.2. The summed E-state index contributed by atoms with van der Waals surface area (Å²) in [5.74, 6) is 2.30. The Balaban J connectivity index is 1.71. The Morgan fingerprint density at radius 1 is 1.14 bits per heavy atom. The summed E-state index contributed by atoms with van der Waals surface area (Å²) in [4.78, 5) is 15.5. The van der Waals surface area contributed by atoms with Gasteiger partial charge in [-0.3, -0.25) is 4.79 Å². The predicted octanol–water partition coefficient (Wildman–Crippen LogP) is 3.09. The van der Waals surface area contributed by atoms with Crippen molar-refractivity contribution in [1.29, 1.82) is 0 Å². The molecule has 0 radical (unpaired) electrons. The van der Waals surface area contributed by atoms with Crippen LogP contribution < -0.4 is 10.3 Å². The van der Waals surface area contributed by atoms with E-state index in [1.165, 1.54) is 6.42 Å². The van der Waals surface area contributed by atoms with Gasteiger partial charge in [-0.15, -0.1) is 0 Å². The molecule has 2 atom stereocenters. The lowest BCUT2D eigenvalue weighted by molar-refractivity contribution is 0.109. The molecule has 1 N–H and O–H groups in total. The molecule has 2 bridgehead atoms. The van der Waals surface area contributed by atoms with E-state index in [2.05, 4.69) is 24.8 Å². The molecule has 0 aliphatic carbocycles. The zero-order chi connectivity index (χ0) is 19.8. The van der Waals surface area contributed by atoms with E-state index in [4.69, 9.17) is 4.74 Å². The summed E-state index contributed by atoms with van der Waals surface area (Å²) in [6.07, 6.45) is 1.17. The molecule has 3 heterocycles. The van der Waals surface area contributed by atoms with Gasteiger partial charge in [-0.2, -0.15) is 0 Å². The van der Waals surface area contributed by atoms with Gasteiger partial charge in [0.25, 0.3) is 5.56 Å². The largest absolute Gasteiger partial charge is 0.496 e. The van der Waals surface area contributed by atoms with Gasteiger partial charge in [-0.25, -0.2) is 0 Å². The summed E-state index contributed by atoms with van der Waals surface area (Å²) in [6, 6.07) is 9.66. The molecule has 1 aromatic carbocycles. The second-order valence-electron chi connectivity index (χ2n) is 8.71. The van der Waals surface area contributed by atoms with E-state index in [0.29, 0.717) is 23.5 Å². The highest BCUT2D eigenvalue weighted by atomic mass is 16.5. The highest BCUT2D eigenvalue weighted by Crippen LogP contribution is 2.37. The van der Waals surface area contributed by atoms with Gasteiger partial charge in [0.1, 0.15) is 5.75 Å². The van der Waals surface area contributed by atoms with Crippen LogP contribution in [0.4, 0.5) is 0 Å². The SMILES string of the molecule is COc1ccc(-c2cc3n(c(=O)c2)C[C@H]2C[C@@H]3CN(CC(C)C)C2)cc1CO. The van der Waals surface area contributed by atoms with Crippen LogP contribution in [-0.2, 0) is 13.2 Å². The highest BCUT2D eigenvalue weighted by Gasteiger charge is 2.34. The first-order valence-electron chi connectivity index (χ1n) is 10.2. The van der Waals surface area contributed by atoms with Crippen LogP contribution in [0.15, 0.2) is 35.1 Å². The minimum absolute atomic E-state index is 0.0841. The maximum absolute atomic E-state index is 12.9. The molecule has 2 aromatic rings. The second kappa shape index (κ2) is 7.72. The fourth-order valence-electron chi connectivity index (χ4n) is 4.97. The lowest BCUT2D eigenvalue weighted by atomic mass is 9.82. The van der Waals surface area contributed by atoms with Crippen molar-refractivity contribution in [2.45, 2.75) is 39.3 Å². The lowest BCUT2D eigenvalue weighted by Gasteiger charge is -2.43. The Hall–Kier alpha value is -2.11. The van der Waals surface area contributed by atoms with Gasteiger partial charge >= 0.3 is 0 Å². The van der Waals surface area contributed by atoms with Crippen molar-refractivity contribution in [2.75, 3.05) is 26.7 Å². The molecule has 0 spiro atoms. The molecule has 5 heteroatoms. The Bertz CT molecular complexity index is 919. The summed E-state index contributed by atoms with van der Waals surface area (Å²) in [6.45, 7) is 8.52. The van der Waals surface area contributed by atoms with Crippen LogP contribution >= 0.6 is 0 Å². The van der Waals surface area contributed by atoms with Crippen molar-refractivity contribution < 1.29 is 9.84 Å². The predicted molar refractivity (Wildman–Crippen MR) is 111 cm³/mol. The number of benzene rings is 1. The third-order valence-electron chi connectivity index (χ3n) is 6.04. The monoisotopic (exact) mass is 382 g/mol. The summed E-state index contributed by atoms with van der Waals surface area (Å²) < 4.78 is 7.30. The number of hydrogen-bond acceptors (Lipinski definition) is 4. The Labute approximate surface area is 166 Å². The maximum Gasteiger partial charge on any atom is 0.251 e. The molecule has 1 saturated heterocycles. The van der Waals surface area contributed by atoms with Gasteiger partial charge in [0, 0.05) is 49.4 Å². The van der Waals surface area contributed by atoms with Crippen molar-refractivity contribution >= 4 is 0 Å². The van der Waals surface area contributed by atoms with Gasteiger partial charge < -0.3 is 19.3 Å². The molecule has 150 valence electrons. The summed E-state index contributed by atoms with van der Waals surface area (Å²) >= 11 is 0. The number of hydrogen-bond donors (Lipinski definition) is 1. The van der Waals surface area contributed by atoms with Crippen molar-refractivity contribution in [2.24, 2.45) is 11.8 Å². The van der Waals surface area contributed by atoms with Gasteiger partial charge in [-0.1, -0.05) is 19.9 Å². The van der Waals surface area contributed by atoms with E-state index in [1.54, 1.807) is 13.2 Å². The van der Waals surface area contributed by atoms with E-state index >= 15 is 0 Å². The molecule has 1 aromatic heterocycles. The molecule has 0 amide bonds. The van der Waals surface area contributed by atoms with E-state index in [1.807, 2.05) is 22.8 Å². The fraction of sp³-hybridized carbons (Fsp3) is 0.522. The molecular formula is C23H30N2O3. The van der Waals surface area contributed by atoms with Crippen LogP contribution in [0.25, 0.3) is 11.1 Å². The van der Waals surface area contributed by atoms with Crippen molar-refractivity contribution in [3.63, 3.8) is 0 Å². The van der Waals surface area contributed by atoms with E-state index in [-0.39, 0.29) is 12.2 Å². The highest BCUT2D eigenvalue weighted by molar-refractivity contribution is 5.66. The fourth-order valence-corrected chi connectivity index (χ4v) is 4.97. The average Bonchev–Trinajstić information content (AvgIpc) is 2.67. The minimum atomic E-state index is -0.0879. The molecular weight excluding hydrogens is 352 g/mol. The number of aliphatic hydroxyl groups is 1. The number of likely N-dealkylation sites (tertiary alicyclic amines) is 1. The third kappa shape index (κ3) is 3.61. The van der Waals surface area contributed by atoms with Gasteiger partial charge in [-0.05, 0) is 47.6 Å². The Morgan fingerprint density at radius 2 is 1.96 bits per heavy atom. The van der Waals surface area contributed by atoms with Crippen LogP contribution in [0.1, 0.15) is 37.4 Å². The number of ether oxygens (including phenoxy) is 1. The first-order chi connectivity index (χ1) is 13.5. The number of nitrogens with zero attached hydrogens (tertiary/aromatic N) is 2. The van der Waals surface area contributed by atoms with Crippen molar-refractivity contribution in [1.82, 2.24) is 9.47 Å². The molecule has 28 heavy (non-hydrogen) atoms. The smallest absolute Gasteiger partial charge is 0.251 e. The third-order valence-corrected chi connectivity index (χ3v) is 6.04. The number of aromatic nitrogens is 1. The van der Waals surface area contributed by atoms with Crippen LogP contribution in [0.3, 0.4) is 0 Å². The van der Waals surface area contributed by atoms with E-state index < -0.39 is 0 Å². The van der Waals surface area contributed by atoms with Crippen molar-refractivity contribution in [3.8, 4) is 16.9 Å². The molecule has 2 aliphatic heterocycles. The molecule has 2 aliphatic rings. The quantitative estimate of drug-likeness (QED) is 0.863. The zero-order valence-electron chi connectivity index (χ0n) is 17.0. The average molecular weight is 383 g/mol. The number of methoxy groups -OCH3 is 1. The summed E-state index contributed by atoms with van der Waals surface area (Å²) in [5.41, 5.74) is 3.85. The number of aliphatic hydroxyl groups excluding tert-OH is 1. The van der Waals surface area contributed by atoms with Gasteiger partial charge in [0.2, 0.25) is 0 Å².